The molecule has 1 aromatic rings. The van der Waals surface area contributed by atoms with Crippen molar-refractivity contribution in [3.8, 4) is 0 Å². The molecular weight excluding hydrogens is 308 g/mol. The predicted octanol–water partition coefficient (Wildman–Crippen LogP) is 3.47. The van der Waals surface area contributed by atoms with Crippen molar-refractivity contribution in [1.29, 1.82) is 0 Å². The SMILES string of the molecule is CCC(Cc1ccccc1)NC(=O)CC1CC2CCC(C1)N2.Cl. The molecule has 2 heterocycles. The zero-order valence-corrected chi connectivity index (χ0v) is 14.8. The summed E-state index contributed by atoms with van der Waals surface area (Å²) in [5.74, 6) is 0.821. The Hall–Kier alpha value is -1.06. The standard InChI is InChI=1S/C19H28N2O.ClH/c1-2-16(10-14-6-4-3-5-7-14)21-19(22)13-15-11-17-8-9-18(12-15)20-17;/h3-7,15-18,20H,2,8-13H2,1H3,(H,21,22);1H. The van der Waals surface area contributed by atoms with E-state index in [0.29, 0.717) is 24.4 Å². The van der Waals surface area contributed by atoms with E-state index >= 15 is 0 Å². The molecule has 0 spiro atoms. The van der Waals surface area contributed by atoms with Crippen molar-refractivity contribution >= 4 is 18.3 Å². The van der Waals surface area contributed by atoms with E-state index in [2.05, 4.69) is 41.8 Å². The normalized spacial score (nSPS) is 27.1. The molecule has 2 N–H and O–H groups in total. The molecule has 1 aromatic carbocycles. The Kier molecular flexibility index (Phi) is 6.91. The molecule has 0 aromatic heterocycles. The largest absolute Gasteiger partial charge is 0.353 e. The number of amides is 1. The first-order chi connectivity index (χ1) is 10.7. The molecule has 1 amide bonds. The van der Waals surface area contributed by atoms with E-state index in [-0.39, 0.29) is 24.4 Å². The zero-order chi connectivity index (χ0) is 15.4. The van der Waals surface area contributed by atoms with Gasteiger partial charge >= 0.3 is 0 Å². The summed E-state index contributed by atoms with van der Waals surface area (Å²) in [6.07, 6.45) is 7.58. The first kappa shape index (κ1) is 18.3. The summed E-state index contributed by atoms with van der Waals surface area (Å²) in [5.41, 5.74) is 1.30. The molecule has 2 saturated heterocycles. The molecule has 3 atom stereocenters. The van der Waals surface area contributed by atoms with Gasteiger partial charge < -0.3 is 10.6 Å². The highest BCUT2D eigenvalue weighted by molar-refractivity contribution is 5.85. The Morgan fingerprint density at radius 2 is 1.87 bits per heavy atom. The van der Waals surface area contributed by atoms with E-state index in [0.717, 1.165) is 12.8 Å². The number of hydrogen-bond acceptors (Lipinski definition) is 2. The second kappa shape index (κ2) is 8.70. The van der Waals surface area contributed by atoms with Crippen LogP contribution in [0.5, 0.6) is 0 Å². The Morgan fingerprint density at radius 3 is 2.48 bits per heavy atom. The minimum absolute atomic E-state index is 0. The van der Waals surface area contributed by atoms with Crippen LogP contribution in [0.15, 0.2) is 30.3 Å². The Labute approximate surface area is 146 Å². The number of hydrogen-bond donors (Lipinski definition) is 2. The second-order valence-electron chi connectivity index (χ2n) is 7.04. The molecule has 3 nitrogen and oxygen atoms in total. The monoisotopic (exact) mass is 336 g/mol. The molecule has 2 aliphatic heterocycles. The molecule has 0 saturated carbocycles. The molecule has 0 aliphatic carbocycles. The van der Waals surface area contributed by atoms with Crippen LogP contribution in [-0.4, -0.2) is 24.0 Å². The van der Waals surface area contributed by atoms with E-state index in [9.17, 15) is 4.79 Å². The quantitative estimate of drug-likeness (QED) is 0.835. The topological polar surface area (TPSA) is 41.1 Å². The molecule has 128 valence electrons. The number of benzene rings is 1. The lowest BCUT2D eigenvalue weighted by atomic mass is 9.89. The van der Waals surface area contributed by atoms with E-state index in [1.165, 1.54) is 31.2 Å². The summed E-state index contributed by atoms with van der Waals surface area (Å²) in [6.45, 7) is 2.15. The maximum absolute atomic E-state index is 12.4. The van der Waals surface area contributed by atoms with Crippen molar-refractivity contribution < 1.29 is 4.79 Å². The van der Waals surface area contributed by atoms with Gasteiger partial charge in [0.15, 0.2) is 0 Å². The summed E-state index contributed by atoms with van der Waals surface area (Å²) >= 11 is 0. The fourth-order valence-corrected chi connectivity index (χ4v) is 4.09. The smallest absolute Gasteiger partial charge is 0.220 e. The van der Waals surface area contributed by atoms with Gasteiger partial charge in [0.2, 0.25) is 5.91 Å². The van der Waals surface area contributed by atoms with Crippen LogP contribution >= 0.6 is 12.4 Å². The second-order valence-corrected chi connectivity index (χ2v) is 7.04. The Morgan fingerprint density at radius 1 is 1.22 bits per heavy atom. The third-order valence-electron chi connectivity index (χ3n) is 5.23. The highest BCUT2D eigenvalue weighted by atomic mass is 35.5. The lowest BCUT2D eigenvalue weighted by molar-refractivity contribution is -0.123. The summed E-state index contributed by atoms with van der Waals surface area (Å²) in [7, 11) is 0. The molecule has 2 aliphatic rings. The van der Waals surface area contributed by atoms with Crippen LogP contribution < -0.4 is 10.6 Å². The van der Waals surface area contributed by atoms with Crippen LogP contribution in [0.2, 0.25) is 0 Å². The molecule has 0 radical (unpaired) electrons. The number of carbonyl (C=O) groups is 1. The highest BCUT2D eigenvalue weighted by Gasteiger charge is 2.34. The Balaban J connectivity index is 0.00000192. The van der Waals surface area contributed by atoms with Gasteiger partial charge in [-0.3, -0.25) is 4.79 Å². The summed E-state index contributed by atoms with van der Waals surface area (Å²) in [4.78, 5) is 12.4. The molecule has 3 unspecified atom stereocenters. The van der Waals surface area contributed by atoms with Gasteiger partial charge in [0.25, 0.3) is 0 Å². The minimum Gasteiger partial charge on any atom is -0.353 e. The molecule has 23 heavy (non-hydrogen) atoms. The first-order valence-corrected chi connectivity index (χ1v) is 8.82. The van der Waals surface area contributed by atoms with Crippen molar-refractivity contribution in [3.05, 3.63) is 35.9 Å². The van der Waals surface area contributed by atoms with Crippen LogP contribution in [0, 0.1) is 5.92 Å². The molecular formula is C19H29ClN2O. The van der Waals surface area contributed by atoms with Crippen molar-refractivity contribution in [1.82, 2.24) is 10.6 Å². The molecule has 4 heteroatoms. The number of carbonyl (C=O) groups excluding carboxylic acids is 1. The van der Waals surface area contributed by atoms with Crippen molar-refractivity contribution in [2.24, 2.45) is 5.92 Å². The van der Waals surface area contributed by atoms with E-state index in [1.807, 2.05) is 6.07 Å². The van der Waals surface area contributed by atoms with Gasteiger partial charge in [-0.05, 0) is 50.0 Å². The minimum atomic E-state index is 0. The van der Waals surface area contributed by atoms with Gasteiger partial charge in [0.1, 0.15) is 0 Å². The van der Waals surface area contributed by atoms with Gasteiger partial charge in [0.05, 0.1) is 0 Å². The number of fused-ring (bicyclic) bond motifs is 2. The maximum Gasteiger partial charge on any atom is 0.220 e. The number of halogens is 1. The zero-order valence-electron chi connectivity index (χ0n) is 14.0. The lowest BCUT2D eigenvalue weighted by Crippen LogP contribution is -2.41. The van der Waals surface area contributed by atoms with Crippen LogP contribution in [0.4, 0.5) is 0 Å². The van der Waals surface area contributed by atoms with E-state index < -0.39 is 0 Å². The van der Waals surface area contributed by atoms with Crippen molar-refractivity contribution in [3.63, 3.8) is 0 Å². The van der Waals surface area contributed by atoms with Crippen LogP contribution in [0.25, 0.3) is 0 Å². The van der Waals surface area contributed by atoms with Crippen LogP contribution in [0.1, 0.15) is 51.0 Å². The van der Waals surface area contributed by atoms with Crippen LogP contribution in [0.3, 0.4) is 0 Å². The Bertz CT molecular complexity index is 481. The van der Waals surface area contributed by atoms with Gasteiger partial charge in [-0.15, -0.1) is 12.4 Å². The third kappa shape index (κ3) is 5.22. The first-order valence-electron chi connectivity index (χ1n) is 8.82. The number of nitrogens with one attached hydrogen (secondary N) is 2. The summed E-state index contributed by atoms with van der Waals surface area (Å²) in [5, 5.41) is 6.90. The third-order valence-corrected chi connectivity index (χ3v) is 5.23. The van der Waals surface area contributed by atoms with Gasteiger partial charge in [-0.1, -0.05) is 37.3 Å². The molecule has 3 rings (SSSR count). The summed E-state index contributed by atoms with van der Waals surface area (Å²) < 4.78 is 0. The fourth-order valence-electron chi connectivity index (χ4n) is 4.09. The number of rotatable bonds is 6. The van der Waals surface area contributed by atoms with E-state index in [4.69, 9.17) is 0 Å². The average molecular weight is 337 g/mol. The average Bonchev–Trinajstić information content (AvgIpc) is 2.86. The maximum atomic E-state index is 12.4. The van der Waals surface area contributed by atoms with E-state index in [1.54, 1.807) is 0 Å². The highest BCUT2D eigenvalue weighted by Crippen LogP contribution is 2.32. The van der Waals surface area contributed by atoms with Crippen LogP contribution in [-0.2, 0) is 11.2 Å². The van der Waals surface area contributed by atoms with Gasteiger partial charge in [-0.25, -0.2) is 0 Å². The summed E-state index contributed by atoms with van der Waals surface area (Å²) in [6, 6.07) is 12.0. The lowest BCUT2D eigenvalue weighted by Gasteiger charge is -2.29. The number of piperidine rings is 1. The fraction of sp³-hybridized carbons (Fsp3) is 0.632. The van der Waals surface area contributed by atoms with Gasteiger partial charge in [0, 0.05) is 24.5 Å². The predicted molar refractivity (Wildman–Crippen MR) is 96.9 cm³/mol. The van der Waals surface area contributed by atoms with Crippen molar-refractivity contribution in [2.45, 2.75) is 70.0 Å². The molecule has 2 bridgehead atoms. The molecule has 2 fully saturated rings. The van der Waals surface area contributed by atoms with Gasteiger partial charge in [-0.2, -0.15) is 0 Å². The van der Waals surface area contributed by atoms with Crippen molar-refractivity contribution in [2.75, 3.05) is 0 Å².